The molecule has 2 amide bonds. The van der Waals surface area contributed by atoms with E-state index in [4.69, 9.17) is 38.0 Å². The van der Waals surface area contributed by atoms with Gasteiger partial charge in [-0.25, -0.2) is 9.79 Å². The van der Waals surface area contributed by atoms with E-state index in [9.17, 15) is 19.2 Å². The van der Waals surface area contributed by atoms with E-state index in [1.165, 1.54) is 22.7 Å². The fourth-order valence-electron chi connectivity index (χ4n) is 5.05. The second-order valence-electron chi connectivity index (χ2n) is 10.3. The van der Waals surface area contributed by atoms with Crippen molar-refractivity contribution < 1.29 is 28.6 Å². The van der Waals surface area contributed by atoms with Crippen molar-refractivity contribution in [1.29, 1.82) is 0 Å². The van der Waals surface area contributed by atoms with Crippen molar-refractivity contribution in [2.75, 3.05) is 18.6 Å². The summed E-state index contributed by atoms with van der Waals surface area (Å²) in [4.78, 5) is 60.0. The Labute approximate surface area is 272 Å². The van der Waals surface area contributed by atoms with Gasteiger partial charge in [0, 0.05) is 5.02 Å². The number of allylic oxidation sites excluding steroid dienone is 1. The Morgan fingerprint density at radius 1 is 1.16 bits per heavy atom. The van der Waals surface area contributed by atoms with Gasteiger partial charge in [-0.2, -0.15) is 0 Å². The molecular formula is C31H29ClN4O7S2. The van der Waals surface area contributed by atoms with Crippen LogP contribution in [0.1, 0.15) is 39.3 Å². The van der Waals surface area contributed by atoms with Crippen molar-refractivity contribution in [2.24, 2.45) is 10.9 Å². The zero-order valence-electron chi connectivity index (χ0n) is 25.0. The minimum absolute atomic E-state index is 0.0840. The number of anilines is 1. The average Bonchev–Trinajstić information content (AvgIpc) is 3.29. The lowest BCUT2D eigenvalue weighted by Crippen LogP contribution is -2.58. The molecule has 0 aliphatic carbocycles. The summed E-state index contributed by atoms with van der Waals surface area (Å²) in [5.41, 5.74) is 0.924. The molecule has 3 aromatic rings. The topological polar surface area (TPSA) is 129 Å². The highest BCUT2D eigenvalue weighted by atomic mass is 35.5. The number of hydrogen-bond acceptors (Lipinski definition) is 10. The van der Waals surface area contributed by atoms with Crippen LogP contribution < -0.4 is 34.6 Å². The number of thiocarbonyl (C=S) groups is 1. The van der Waals surface area contributed by atoms with Crippen LogP contribution in [0.2, 0.25) is 5.02 Å². The molecule has 0 saturated carbocycles. The monoisotopic (exact) mass is 668 g/mol. The summed E-state index contributed by atoms with van der Waals surface area (Å²) < 4.78 is 18.2. The number of carbonyl (C=O) groups is 3. The second kappa shape index (κ2) is 13.0. The maximum Gasteiger partial charge on any atom is 0.338 e. The molecule has 1 aromatic heterocycles. The van der Waals surface area contributed by atoms with Crippen LogP contribution in [0.3, 0.4) is 0 Å². The number of carbonyl (C=O) groups excluding carboxylic acids is 3. The predicted molar refractivity (Wildman–Crippen MR) is 173 cm³/mol. The van der Waals surface area contributed by atoms with E-state index in [0.29, 0.717) is 33.5 Å². The number of ether oxygens (including phenoxy) is 3. The third-order valence-electron chi connectivity index (χ3n) is 6.99. The lowest BCUT2D eigenvalue weighted by molar-refractivity contribution is -0.139. The van der Waals surface area contributed by atoms with E-state index in [0.717, 1.165) is 11.3 Å². The number of halogens is 1. The standard InChI is InChI=1S/C31H29ClN4O7S2/c1-6-42-29(40)24-16(4)33-31-36(25(24)17-7-12-21(43-15(2)3)22(13-17)41-5)28(39)23(45-31)14-20-26(37)34-30(44)35(27(20)38)19-10-8-18(32)9-11-19/h7-15,20,25H,6H2,1-5H3,(H,34,37,44)/b23-14-/t20-,25+/m1/s1. The lowest BCUT2D eigenvalue weighted by atomic mass is 9.95. The van der Waals surface area contributed by atoms with Crippen molar-refractivity contribution in [3.8, 4) is 11.5 Å². The zero-order chi connectivity index (χ0) is 32.6. The first-order valence-electron chi connectivity index (χ1n) is 13.9. The Hall–Kier alpha value is -4.33. The summed E-state index contributed by atoms with van der Waals surface area (Å²) in [7, 11) is 1.50. The number of amides is 2. The second-order valence-corrected chi connectivity index (χ2v) is 12.2. The first-order chi connectivity index (χ1) is 21.4. The molecule has 2 atom stereocenters. The van der Waals surface area contributed by atoms with Crippen LogP contribution in [0.25, 0.3) is 6.08 Å². The molecule has 2 aliphatic heterocycles. The Bertz CT molecular complexity index is 1930. The molecule has 45 heavy (non-hydrogen) atoms. The van der Waals surface area contributed by atoms with Crippen LogP contribution in [-0.2, 0) is 19.1 Å². The highest BCUT2D eigenvalue weighted by Crippen LogP contribution is 2.36. The Balaban J connectivity index is 1.65. The van der Waals surface area contributed by atoms with Crippen LogP contribution in [0, 0.1) is 5.92 Å². The summed E-state index contributed by atoms with van der Waals surface area (Å²) in [6.07, 6.45) is 1.18. The highest BCUT2D eigenvalue weighted by molar-refractivity contribution is 7.80. The maximum atomic E-state index is 14.1. The van der Waals surface area contributed by atoms with Gasteiger partial charge in [-0.05, 0) is 88.0 Å². The number of thiazole rings is 1. The molecule has 234 valence electrons. The van der Waals surface area contributed by atoms with Crippen molar-refractivity contribution in [3.05, 3.63) is 84.0 Å². The SMILES string of the molecule is CCOC(=O)C1=C(C)N=c2s/c(=C\[C@@H]3C(=O)NC(=S)N(c4ccc(Cl)cc4)C3=O)c(=O)n2[C@H]1c1ccc(OC(C)C)c(OC)c1. The summed E-state index contributed by atoms with van der Waals surface area (Å²) in [5, 5.41) is 2.91. The molecule has 1 saturated heterocycles. The van der Waals surface area contributed by atoms with Gasteiger partial charge in [0.05, 0.1) is 47.4 Å². The number of fused-ring (bicyclic) bond motifs is 1. The van der Waals surface area contributed by atoms with Crippen LogP contribution in [0.4, 0.5) is 5.69 Å². The van der Waals surface area contributed by atoms with Crippen molar-refractivity contribution in [3.63, 3.8) is 0 Å². The van der Waals surface area contributed by atoms with Crippen molar-refractivity contribution >= 4 is 69.8 Å². The molecule has 14 heteroatoms. The van der Waals surface area contributed by atoms with Gasteiger partial charge in [0.25, 0.3) is 5.56 Å². The number of hydrogen-bond donors (Lipinski definition) is 1. The van der Waals surface area contributed by atoms with Crippen LogP contribution in [0.5, 0.6) is 11.5 Å². The molecule has 0 spiro atoms. The molecule has 2 aliphatic rings. The van der Waals surface area contributed by atoms with E-state index in [2.05, 4.69) is 10.3 Å². The number of nitrogens with zero attached hydrogens (tertiary/aromatic N) is 3. The van der Waals surface area contributed by atoms with E-state index >= 15 is 0 Å². The largest absolute Gasteiger partial charge is 0.493 e. The zero-order valence-corrected chi connectivity index (χ0v) is 27.3. The van der Waals surface area contributed by atoms with E-state index in [-0.39, 0.29) is 32.7 Å². The number of aromatic nitrogens is 1. The Morgan fingerprint density at radius 2 is 1.87 bits per heavy atom. The highest BCUT2D eigenvalue weighted by Gasteiger charge is 2.39. The maximum absolute atomic E-state index is 14.1. The van der Waals surface area contributed by atoms with Crippen molar-refractivity contribution in [1.82, 2.24) is 9.88 Å². The van der Waals surface area contributed by atoms with Gasteiger partial charge in [0.15, 0.2) is 21.4 Å². The lowest BCUT2D eigenvalue weighted by Gasteiger charge is -2.31. The van der Waals surface area contributed by atoms with Crippen molar-refractivity contribution in [2.45, 2.75) is 39.8 Å². The average molecular weight is 669 g/mol. The number of benzene rings is 2. The van der Waals surface area contributed by atoms with Crippen LogP contribution in [0.15, 0.2) is 63.5 Å². The van der Waals surface area contributed by atoms with E-state index < -0.39 is 35.3 Å². The number of nitrogens with one attached hydrogen (secondary N) is 1. The van der Waals surface area contributed by atoms with Crippen LogP contribution >= 0.6 is 35.2 Å². The fraction of sp³-hybridized carbons (Fsp3) is 0.290. The molecule has 1 N–H and O–H groups in total. The van der Waals surface area contributed by atoms with Gasteiger partial charge in [-0.3, -0.25) is 23.9 Å². The molecule has 5 rings (SSSR count). The first-order valence-corrected chi connectivity index (χ1v) is 15.5. The van der Waals surface area contributed by atoms with Gasteiger partial charge in [-0.15, -0.1) is 0 Å². The quantitative estimate of drug-likeness (QED) is 0.220. The van der Waals surface area contributed by atoms with Gasteiger partial charge in [0.2, 0.25) is 11.8 Å². The fourth-order valence-corrected chi connectivity index (χ4v) is 6.53. The minimum Gasteiger partial charge on any atom is -0.493 e. The van der Waals surface area contributed by atoms with Gasteiger partial charge in [0.1, 0.15) is 5.92 Å². The first kappa shape index (κ1) is 32.1. The molecule has 3 heterocycles. The molecule has 0 radical (unpaired) electrons. The summed E-state index contributed by atoms with van der Waals surface area (Å²) in [6.45, 7) is 7.23. The third-order valence-corrected chi connectivity index (χ3v) is 8.53. The van der Waals surface area contributed by atoms with E-state index in [1.807, 2.05) is 13.8 Å². The van der Waals surface area contributed by atoms with Crippen LogP contribution in [-0.4, -0.2) is 47.3 Å². The summed E-state index contributed by atoms with van der Waals surface area (Å²) >= 11 is 12.3. The minimum atomic E-state index is -1.37. The predicted octanol–water partition coefficient (Wildman–Crippen LogP) is 3.26. The number of rotatable bonds is 8. The molecule has 0 bridgehead atoms. The summed E-state index contributed by atoms with van der Waals surface area (Å²) in [5.74, 6) is -2.41. The van der Waals surface area contributed by atoms with Gasteiger partial charge >= 0.3 is 5.97 Å². The van der Waals surface area contributed by atoms with Gasteiger partial charge < -0.3 is 19.5 Å². The molecule has 11 nitrogen and oxygen atoms in total. The third kappa shape index (κ3) is 6.15. The Morgan fingerprint density at radius 3 is 2.51 bits per heavy atom. The van der Waals surface area contributed by atoms with Gasteiger partial charge in [-0.1, -0.05) is 29.0 Å². The number of esters is 1. The smallest absolute Gasteiger partial charge is 0.338 e. The normalized spacial score (nSPS) is 18.5. The molecule has 0 unspecified atom stereocenters. The Kier molecular flexibility index (Phi) is 9.23. The molecule has 2 aromatic carbocycles. The molecule has 1 fully saturated rings. The van der Waals surface area contributed by atoms with E-state index in [1.54, 1.807) is 56.3 Å². The number of methoxy groups -OCH3 is 1. The molecular weight excluding hydrogens is 640 g/mol. The summed E-state index contributed by atoms with van der Waals surface area (Å²) in [6, 6.07) is 10.6.